The molecule has 1 amide bonds. The van der Waals surface area contributed by atoms with Crippen molar-refractivity contribution in [3.05, 3.63) is 55.8 Å². The number of ether oxygens (including phenoxy) is 1. The first-order chi connectivity index (χ1) is 13.0. The third-order valence-corrected chi connectivity index (χ3v) is 6.72. The molecule has 1 aliphatic heterocycles. The Labute approximate surface area is 166 Å². The molecule has 1 aromatic heterocycles. The molecular formula is C19H22N2O4S2. The number of carbonyl (C=O) groups is 1. The summed E-state index contributed by atoms with van der Waals surface area (Å²) in [6.07, 6.45) is 1.83. The van der Waals surface area contributed by atoms with Gasteiger partial charge in [-0.15, -0.1) is 23.1 Å². The van der Waals surface area contributed by atoms with Crippen LogP contribution in [0.15, 0.2) is 29.6 Å². The predicted octanol–water partition coefficient (Wildman–Crippen LogP) is 4.43. The van der Waals surface area contributed by atoms with Crippen molar-refractivity contribution in [2.24, 2.45) is 0 Å². The van der Waals surface area contributed by atoms with Gasteiger partial charge in [-0.05, 0) is 41.5 Å². The lowest BCUT2D eigenvalue weighted by molar-refractivity contribution is -0.385. The summed E-state index contributed by atoms with van der Waals surface area (Å²) in [4.78, 5) is 26.8. The van der Waals surface area contributed by atoms with Gasteiger partial charge >= 0.3 is 5.69 Å². The van der Waals surface area contributed by atoms with Crippen molar-refractivity contribution in [3.8, 4) is 5.75 Å². The van der Waals surface area contributed by atoms with Crippen LogP contribution >= 0.6 is 23.1 Å². The van der Waals surface area contributed by atoms with Gasteiger partial charge in [-0.3, -0.25) is 14.9 Å². The Morgan fingerprint density at radius 3 is 2.96 bits per heavy atom. The quantitative estimate of drug-likeness (QED) is 0.502. The minimum absolute atomic E-state index is 0.0472. The number of thiophene rings is 1. The van der Waals surface area contributed by atoms with Crippen LogP contribution < -0.4 is 4.74 Å². The summed E-state index contributed by atoms with van der Waals surface area (Å²) in [6, 6.07) is 7.22. The third-order valence-electron chi connectivity index (χ3n) is 4.74. The van der Waals surface area contributed by atoms with Gasteiger partial charge in [0.05, 0.1) is 23.8 Å². The molecule has 2 heterocycles. The average molecular weight is 407 g/mol. The zero-order valence-corrected chi connectivity index (χ0v) is 17.0. The summed E-state index contributed by atoms with van der Waals surface area (Å²) >= 11 is 3.26. The van der Waals surface area contributed by atoms with Crippen LogP contribution in [-0.4, -0.2) is 35.1 Å². The van der Waals surface area contributed by atoms with E-state index in [1.54, 1.807) is 23.5 Å². The zero-order valence-electron chi connectivity index (χ0n) is 15.3. The van der Waals surface area contributed by atoms with Gasteiger partial charge in [0.25, 0.3) is 0 Å². The molecule has 0 fully saturated rings. The molecule has 6 nitrogen and oxygen atoms in total. The highest BCUT2D eigenvalue weighted by atomic mass is 32.2. The minimum atomic E-state index is -0.448. The number of carbonyl (C=O) groups excluding carboxylic acids is 1. The highest BCUT2D eigenvalue weighted by Gasteiger charge is 2.30. The van der Waals surface area contributed by atoms with Crippen molar-refractivity contribution in [2.75, 3.05) is 19.4 Å². The van der Waals surface area contributed by atoms with Crippen molar-refractivity contribution >= 4 is 34.7 Å². The Morgan fingerprint density at radius 1 is 1.44 bits per heavy atom. The fraction of sp³-hybridized carbons (Fsp3) is 0.421. The molecule has 1 aromatic carbocycles. The summed E-state index contributed by atoms with van der Waals surface area (Å²) in [5.41, 5.74) is 2.05. The summed E-state index contributed by atoms with van der Waals surface area (Å²) in [7, 11) is 1.41. The number of nitro benzene ring substituents is 1. The van der Waals surface area contributed by atoms with Crippen LogP contribution in [0, 0.1) is 10.1 Å². The number of nitrogens with zero attached hydrogens (tertiary/aromatic N) is 2. The van der Waals surface area contributed by atoms with Crippen LogP contribution in [0.25, 0.3) is 0 Å². The van der Waals surface area contributed by atoms with E-state index in [9.17, 15) is 14.9 Å². The molecule has 0 aliphatic carbocycles. The maximum absolute atomic E-state index is 12.7. The molecule has 0 bridgehead atoms. The normalized spacial score (nSPS) is 16.1. The molecule has 0 radical (unpaired) electrons. The fourth-order valence-electron chi connectivity index (χ4n) is 3.44. The number of thioether (sulfide) groups is 1. The highest BCUT2D eigenvalue weighted by molar-refractivity contribution is 7.99. The van der Waals surface area contributed by atoms with Gasteiger partial charge in [-0.1, -0.05) is 13.0 Å². The number of rotatable bonds is 7. The number of hydrogen-bond acceptors (Lipinski definition) is 6. The first kappa shape index (κ1) is 19.7. The molecule has 3 rings (SSSR count). The lowest BCUT2D eigenvalue weighted by Crippen LogP contribution is -2.40. The van der Waals surface area contributed by atoms with E-state index in [0.29, 0.717) is 11.5 Å². The van der Waals surface area contributed by atoms with E-state index >= 15 is 0 Å². The molecule has 0 N–H and O–H groups in total. The Kier molecular flexibility index (Phi) is 6.38. The van der Waals surface area contributed by atoms with Gasteiger partial charge in [0, 0.05) is 23.2 Å². The standard InChI is InChI=1S/C19H22N2O4S2/c1-3-15-14-7-9-27-18(14)6-8-20(15)19(22)12-26-11-13-4-5-17(25-2)16(10-13)21(23)24/h4-5,7,9-10,15H,3,6,8,11-12H2,1-2H3. The Morgan fingerprint density at radius 2 is 2.26 bits per heavy atom. The summed E-state index contributed by atoms with van der Waals surface area (Å²) in [6.45, 7) is 2.88. The number of hydrogen-bond donors (Lipinski definition) is 0. The van der Waals surface area contributed by atoms with E-state index in [4.69, 9.17) is 4.74 Å². The SMILES string of the molecule is CCC1c2ccsc2CCN1C(=O)CSCc1ccc(OC)c([N+](=O)[O-])c1. The molecule has 2 aromatic rings. The van der Waals surface area contributed by atoms with Crippen LogP contribution in [0.5, 0.6) is 5.75 Å². The second kappa shape index (κ2) is 8.75. The van der Waals surface area contributed by atoms with E-state index in [1.807, 2.05) is 4.90 Å². The monoisotopic (exact) mass is 406 g/mol. The van der Waals surface area contributed by atoms with Gasteiger partial charge in [-0.2, -0.15) is 0 Å². The second-order valence-corrected chi connectivity index (χ2v) is 8.30. The molecule has 1 unspecified atom stereocenters. The average Bonchev–Trinajstić information content (AvgIpc) is 3.15. The first-order valence-electron chi connectivity index (χ1n) is 8.80. The number of fused-ring (bicyclic) bond motifs is 1. The second-order valence-electron chi connectivity index (χ2n) is 6.32. The Hall–Kier alpha value is -2.06. The Balaban J connectivity index is 1.60. The molecule has 0 saturated carbocycles. The number of benzene rings is 1. The smallest absolute Gasteiger partial charge is 0.311 e. The Bertz CT molecular complexity index is 837. The van der Waals surface area contributed by atoms with E-state index in [0.717, 1.165) is 24.9 Å². The molecule has 1 aliphatic rings. The van der Waals surface area contributed by atoms with Gasteiger partial charge in [-0.25, -0.2) is 0 Å². The fourth-order valence-corrected chi connectivity index (χ4v) is 5.23. The maximum Gasteiger partial charge on any atom is 0.311 e. The highest BCUT2D eigenvalue weighted by Crippen LogP contribution is 2.35. The van der Waals surface area contributed by atoms with Gasteiger partial charge < -0.3 is 9.64 Å². The predicted molar refractivity (Wildman–Crippen MR) is 109 cm³/mol. The van der Waals surface area contributed by atoms with E-state index in [-0.39, 0.29) is 23.4 Å². The van der Waals surface area contributed by atoms with Crippen LogP contribution in [0.1, 0.15) is 35.4 Å². The number of amides is 1. The van der Waals surface area contributed by atoms with Crippen molar-refractivity contribution in [2.45, 2.75) is 31.6 Å². The van der Waals surface area contributed by atoms with Gasteiger partial charge in [0.2, 0.25) is 5.91 Å². The van der Waals surface area contributed by atoms with E-state index < -0.39 is 4.92 Å². The van der Waals surface area contributed by atoms with E-state index in [1.165, 1.54) is 35.4 Å². The third kappa shape index (κ3) is 4.27. The molecule has 27 heavy (non-hydrogen) atoms. The van der Waals surface area contributed by atoms with Crippen LogP contribution in [-0.2, 0) is 17.0 Å². The van der Waals surface area contributed by atoms with Crippen LogP contribution in [0.4, 0.5) is 5.69 Å². The van der Waals surface area contributed by atoms with Gasteiger partial charge in [0.15, 0.2) is 5.75 Å². The molecule has 8 heteroatoms. The largest absolute Gasteiger partial charge is 0.490 e. The molecule has 144 valence electrons. The van der Waals surface area contributed by atoms with Crippen LogP contribution in [0.3, 0.4) is 0 Å². The molecule has 1 atom stereocenters. The lowest BCUT2D eigenvalue weighted by Gasteiger charge is -2.35. The number of methoxy groups -OCH3 is 1. The minimum Gasteiger partial charge on any atom is -0.490 e. The molecular weight excluding hydrogens is 384 g/mol. The van der Waals surface area contributed by atoms with Crippen molar-refractivity contribution in [3.63, 3.8) is 0 Å². The number of nitro groups is 1. The maximum atomic E-state index is 12.7. The van der Waals surface area contributed by atoms with Crippen molar-refractivity contribution in [1.82, 2.24) is 4.90 Å². The van der Waals surface area contributed by atoms with E-state index in [2.05, 4.69) is 18.4 Å². The molecule has 0 saturated heterocycles. The summed E-state index contributed by atoms with van der Waals surface area (Å²) in [5.74, 6) is 1.29. The first-order valence-corrected chi connectivity index (χ1v) is 10.8. The summed E-state index contributed by atoms with van der Waals surface area (Å²) in [5, 5.41) is 13.2. The molecule has 0 spiro atoms. The van der Waals surface area contributed by atoms with Crippen molar-refractivity contribution < 1.29 is 14.5 Å². The van der Waals surface area contributed by atoms with Crippen molar-refractivity contribution in [1.29, 1.82) is 0 Å². The zero-order chi connectivity index (χ0) is 19.4. The van der Waals surface area contributed by atoms with Crippen LogP contribution in [0.2, 0.25) is 0 Å². The summed E-state index contributed by atoms with van der Waals surface area (Å²) < 4.78 is 5.02. The van der Waals surface area contributed by atoms with Gasteiger partial charge in [0.1, 0.15) is 0 Å². The topological polar surface area (TPSA) is 72.7 Å². The lowest BCUT2D eigenvalue weighted by atomic mass is 9.98.